The molecule has 0 saturated carbocycles. The summed E-state index contributed by atoms with van der Waals surface area (Å²) in [5.74, 6) is -0.669. The van der Waals surface area contributed by atoms with Gasteiger partial charge in [0.2, 0.25) is 0 Å². The summed E-state index contributed by atoms with van der Waals surface area (Å²) >= 11 is 3.05. The van der Waals surface area contributed by atoms with Gasteiger partial charge in [-0.25, -0.2) is 4.39 Å². The monoisotopic (exact) mass is 273 g/mol. The van der Waals surface area contributed by atoms with Crippen molar-refractivity contribution >= 4 is 32.7 Å². The lowest BCUT2D eigenvalue weighted by Gasteiger charge is -2.04. The molecule has 1 heterocycles. The number of nitrogens with two attached hydrogens (primary N) is 1. The third kappa shape index (κ3) is 1.44. The van der Waals surface area contributed by atoms with Gasteiger partial charge in [-0.1, -0.05) is 0 Å². The Morgan fingerprint density at radius 2 is 1.73 bits per heavy atom. The number of hydrogen-bond acceptors (Lipinski definition) is 3. The summed E-state index contributed by atoms with van der Waals surface area (Å²) < 4.78 is 13.5. The standard InChI is InChI=1S/C8H5BrFN3O2/c9-2-1-3(10)4(11)6-5(2)12-7(14)8(15)13-6/h1H,11H2,(H,12,14)(H,13,15). The van der Waals surface area contributed by atoms with Crippen molar-refractivity contribution < 1.29 is 4.39 Å². The van der Waals surface area contributed by atoms with Crippen LogP contribution in [0.1, 0.15) is 0 Å². The molecular formula is C8H5BrFN3O2. The second kappa shape index (κ2) is 3.20. The molecule has 0 aliphatic rings. The van der Waals surface area contributed by atoms with Gasteiger partial charge >= 0.3 is 11.1 Å². The van der Waals surface area contributed by atoms with E-state index in [0.717, 1.165) is 6.07 Å². The topological polar surface area (TPSA) is 91.7 Å². The summed E-state index contributed by atoms with van der Waals surface area (Å²) in [5, 5.41) is 0. The molecule has 2 rings (SSSR count). The summed E-state index contributed by atoms with van der Waals surface area (Å²) in [6.07, 6.45) is 0. The molecule has 0 saturated heterocycles. The first-order chi connectivity index (χ1) is 7.00. The Morgan fingerprint density at radius 1 is 1.20 bits per heavy atom. The highest BCUT2D eigenvalue weighted by Crippen LogP contribution is 2.26. The van der Waals surface area contributed by atoms with Crippen molar-refractivity contribution in [3.05, 3.63) is 37.1 Å². The molecule has 2 aromatic rings. The zero-order valence-corrected chi connectivity index (χ0v) is 8.81. The summed E-state index contributed by atoms with van der Waals surface area (Å²) in [5.41, 5.74) is 3.87. The summed E-state index contributed by atoms with van der Waals surface area (Å²) in [7, 11) is 0. The predicted molar refractivity (Wildman–Crippen MR) is 57.3 cm³/mol. The molecule has 0 spiro atoms. The van der Waals surface area contributed by atoms with E-state index in [9.17, 15) is 14.0 Å². The van der Waals surface area contributed by atoms with E-state index in [-0.39, 0.29) is 16.7 Å². The maximum absolute atomic E-state index is 13.2. The number of hydrogen-bond donors (Lipinski definition) is 3. The van der Waals surface area contributed by atoms with Crippen LogP contribution in [-0.2, 0) is 0 Å². The lowest BCUT2D eigenvalue weighted by molar-refractivity contribution is 0.633. The van der Waals surface area contributed by atoms with E-state index in [1.165, 1.54) is 0 Å². The van der Waals surface area contributed by atoms with Crippen LogP contribution in [0.2, 0.25) is 0 Å². The number of aromatic amines is 2. The van der Waals surface area contributed by atoms with Gasteiger partial charge in [0.25, 0.3) is 0 Å². The van der Waals surface area contributed by atoms with Crippen LogP contribution in [0.15, 0.2) is 20.1 Å². The number of anilines is 1. The van der Waals surface area contributed by atoms with Gasteiger partial charge in [0.15, 0.2) is 0 Å². The number of fused-ring (bicyclic) bond motifs is 1. The van der Waals surface area contributed by atoms with Crippen LogP contribution >= 0.6 is 15.9 Å². The molecule has 0 aliphatic heterocycles. The first-order valence-electron chi connectivity index (χ1n) is 3.90. The number of halogens is 2. The van der Waals surface area contributed by atoms with Gasteiger partial charge in [-0.15, -0.1) is 0 Å². The number of rotatable bonds is 0. The van der Waals surface area contributed by atoms with Gasteiger partial charge in [0.05, 0.1) is 16.7 Å². The smallest absolute Gasteiger partial charge is 0.314 e. The zero-order valence-electron chi connectivity index (χ0n) is 7.23. The summed E-state index contributed by atoms with van der Waals surface area (Å²) in [6, 6.07) is 1.12. The fourth-order valence-corrected chi connectivity index (χ4v) is 1.73. The fourth-order valence-electron chi connectivity index (χ4n) is 1.23. The first kappa shape index (κ1) is 9.91. The normalized spacial score (nSPS) is 10.8. The molecule has 1 aromatic heterocycles. The van der Waals surface area contributed by atoms with Crippen LogP contribution in [0.3, 0.4) is 0 Å². The van der Waals surface area contributed by atoms with E-state index in [4.69, 9.17) is 5.73 Å². The van der Waals surface area contributed by atoms with Gasteiger partial charge in [0.1, 0.15) is 5.82 Å². The zero-order chi connectivity index (χ0) is 11.2. The van der Waals surface area contributed by atoms with E-state index >= 15 is 0 Å². The predicted octanol–water partition coefficient (Wildman–Crippen LogP) is 0.700. The molecule has 15 heavy (non-hydrogen) atoms. The van der Waals surface area contributed by atoms with Crippen molar-refractivity contribution in [3.63, 3.8) is 0 Å². The molecule has 4 N–H and O–H groups in total. The number of nitrogens with one attached hydrogen (secondary N) is 2. The SMILES string of the molecule is Nc1c(F)cc(Br)c2[nH]c(=O)c(=O)[nH]c12. The molecule has 0 bridgehead atoms. The third-order valence-corrected chi connectivity index (χ3v) is 2.58. The van der Waals surface area contributed by atoms with Gasteiger partial charge in [-0.2, -0.15) is 0 Å². The van der Waals surface area contributed by atoms with Crippen LogP contribution < -0.4 is 16.9 Å². The highest BCUT2D eigenvalue weighted by atomic mass is 79.9. The number of nitrogen functional groups attached to an aromatic ring is 1. The average molecular weight is 274 g/mol. The van der Waals surface area contributed by atoms with Crippen LogP contribution in [-0.4, -0.2) is 9.97 Å². The number of aromatic nitrogens is 2. The minimum Gasteiger partial charge on any atom is -0.395 e. The van der Waals surface area contributed by atoms with E-state index in [0.29, 0.717) is 4.47 Å². The second-order valence-corrected chi connectivity index (χ2v) is 3.77. The largest absolute Gasteiger partial charge is 0.395 e. The minimum atomic E-state index is -0.869. The molecule has 78 valence electrons. The molecule has 0 unspecified atom stereocenters. The Hall–Kier alpha value is -1.63. The van der Waals surface area contributed by atoms with E-state index in [2.05, 4.69) is 25.9 Å². The lowest BCUT2D eigenvalue weighted by atomic mass is 10.2. The highest BCUT2D eigenvalue weighted by molar-refractivity contribution is 9.10. The van der Waals surface area contributed by atoms with E-state index < -0.39 is 16.9 Å². The van der Waals surface area contributed by atoms with Crippen LogP contribution in [0, 0.1) is 5.82 Å². The van der Waals surface area contributed by atoms with Crippen molar-refractivity contribution in [3.8, 4) is 0 Å². The molecule has 0 radical (unpaired) electrons. The molecule has 0 amide bonds. The third-order valence-electron chi connectivity index (χ3n) is 1.95. The summed E-state index contributed by atoms with van der Waals surface area (Å²) in [4.78, 5) is 26.6. The fraction of sp³-hybridized carbons (Fsp3) is 0. The second-order valence-electron chi connectivity index (χ2n) is 2.91. The average Bonchev–Trinajstić information content (AvgIpc) is 2.18. The molecule has 5 nitrogen and oxygen atoms in total. The molecular weight excluding hydrogens is 269 g/mol. The Kier molecular flexibility index (Phi) is 2.11. The van der Waals surface area contributed by atoms with Gasteiger partial charge in [-0.05, 0) is 22.0 Å². The van der Waals surface area contributed by atoms with Crippen molar-refractivity contribution in [2.45, 2.75) is 0 Å². The molecule has 0 fully saturated rings. The molecule has 1 aromatic carbocycles. The Morgan fingerprint density at radius 3 is 2.33 bits per heavy atom. The first-order valence-corrected chi connectivity index (χ1v) is 4.70. The van der Waals surface area contributed by atoms with Crippen molar-refractivity contribution in [1.82, 2.24) is 9.97 Å². The minimum absolute atomic E-state index is 0.0754. The maximum atomic E-state index is 13.2. The lowest BCUT2D eigenvalue weighted by Crippen LogP contribution is -2.29. The number of benzene rings is 1. The van der Waals surface area contributed by atoms with Crippen molar-refractivity contribution in [1.29, 1.82) is 0 Å². The Balaban J connectivity index is 3.11. The summed E-state index contributed by atoms with van der Waals surface area (Å²) in [6.45, 7) is 0. The van der Waals surface area contributed by atoms with E-state index in [1.807, 2.05) is 0 Å². The van der Waals surface area contributed by atoms with E-state index in [1.54, 1.807) is 0 Å². The highest BCUT2D eigenvalue weighted by Gasteiger charge is 2.10. The van der Waals surface area contributed by atoms with Crippen molar-refractivity contribution in [2.75, 3.05) is 5.73 Å². The molecule has 0 atom stereocenters. The van der Waals surface area contributed by atoms with Crippen LogP contribution in [0.5, 0.6) is 0 Å². The van der Waals surface area contributed by atoms with Crippen LogP contribution in [0.4, 0.5) is 10.1 Å². The Bertz CT molecular complexity index is 661. The van der Waals surface area contributed by atoms with Gasteiger partial charge in [0, 0.05) is 4.47 Å². The molecule has 7 heteroatoms. The molecule has 0 aliphatic carbocycles. The van der Waals surface area contributed by atoms with Gasteiger partial charge < -0.3 is 15.7 Å². The Labute approximate surface area is 90.2 Å². The quantitative estimate of drug-likeness (QED) is 0.487. The van der Waals surface area contributed by atoms with Crippen LogP contribution in [0.25, 0.3) is 11.0 Å². The van der Waals surface area contributed by atoms with Crippen molar-refractivity contribution in [2.24, 2.45) is 0 Å². The maximum Gasteiger partial charge on any atom is 0.314 e. The number of H-pyrrole nitrogens is 2. The van der Waals surface area contributed by atoms with Gasteiger partial charge in [-0.3, -0.25) is 9.59 Å².